The molecule has 2 atom stereocenters. The highest BCUT2D eigenvalue weighted by Gasteiger charge is 2.65. The molecule has 29 heavy (non-hydrogen) atoms. The maximum absolute atomic E-state index is 15.5. The number of amidine groups is 1. The average Bonchev–Trinajstić information content (AvgIpc) is 2.51. The molecule has 1 aromatic carbocycles. The molecule has 1 aliphatic heterocycles. The van der Waals surface area contributed by atoms with Crippen LogP contribution < -0.4 is 11.1 Å². The highest BCUT2D eigenvalue weighted by atomic mass is 32.2. The van der Waals surface area contributed by atoms with Crippen LogP contribution in [0.15, 0.2) is 23.2 Å². The van der Waals surface area contributed by atoms with Crippen molar-refractivity contribution in [3.63, 3.8) is 0 Å². The number of nitrogens with two attached hydrogens (primary N) is 1. The number of carbonyl (C=O) groups is 1. The zero-order chi connectivity index (χ0) is 21.8. The van der Waals surface area contributed by atoms with Gasteiger partial charge in [0.25, 0.3) is 0 Å². The summed E-state index contributed by atoms with van der Waals surface area (Å²) in [5, 5.41) is 2.39. The Morgan fingerprint density at radius 3 is 2.48 bits per heavy atom. The average molecular weight is 429 g/mol. The van der Waals surface area contributed by atoms with E-state index in [0.717, 1.165) is 12.1 Å². The van der Waals surface area contributed by atoms with Crippen molar-refractivity contribution in [3.05, 3.63) is 29.6 Å². The Hall–Kier alpha value is -2.23. The van der Waals surface area contributed by atoms with Crippen LogP contribution >= 0.6 is 0 Å². The van der Waals surface area contributed by atoms with E-state index in [9.17, 15) is 17.6 Å². The van der Waals surface area contributed by atoms with Crippen LogP contribution in [0.5, 0.6) is 0 Å². The molecule has 3 rings (SSSR count). The highest BCUT2D eigenvalue weighted by molar-refractivity contribution is 7.94. The molecule has 1 saturated carbocycles. The van der Waals surface area contributed by atoms with E-state index in [1.165, 1.54) is 13.0 Å². The van der Waals surface area contributed by atoms with E-state index >= 15 is 4.39 Å². The van der Waals surface area contributed by atoms with Crippen molar-refractivity contribution in [3.8, 4) is 0 Å². The zero-order valence-electron chi connectivity index (χ0n) is 16.8. The van der Waals surface area contributed by atoms with Crippen LogP contribution in [0, 0.1) is 5.82 Å². The van der Waals surface area contributed by atoms with Crippen molar-refractivity contribution < 1.29 is 26.7 Å². The smallest absolute Gasteiger partial charge is 0.413 e. The van der Waals surface area contributed by atoms with Gasteiger partial charge in [-0.1, -0.05) is 0 Å². The third-order valence-corrected chi connectivity index (χ3v) is 8.05. The summed E-state index contributed by atoms with van der Waals surface area (Å²) < 4.78 is 59.9. The van der Waals surface area contributed by atoms with Crippen LogP contribution in [0.4, 0.5) is 19.3 Å². The van der Waals surface area contributed by atoms with Crippen molar-refractivity contribution in [1.29, 1.82) is 0 Å². The molecule has 160 valence electrons. The van der Waals surface area contributed by atoms with Crippen LogP contribution in [0.1, 0.15) is 52.5 Å². The molecule has 2 unspecified atom stereocenters. The van der Waals surface area contributed by atoms with Crippen molar-refractivity contribution in [2.75, 3.05) is 5.73 Å². The Morgan fingerprint density at radius 1 is 1.34 bits per heavy atom. The zero-order valence-corrected chi connectivity index (χ0v) is 17.6. The summed E-state index contributed by atoms with van der Waals surface area (Å²) in [6.07, 6.45) is -0.158. The summed E-state index contributed by atoms with van der Waals surface area (Å²) in [5.74, 6) is -1.07. The van der Waals surface area contributed by atoms with Crippen LogP contribution in [-0.2, 0) is 20.1 Å². The summed E-state index contributed by atoms with van der Waals surface area (Å²) >= 11 is 0. The summed E-state index contributed by atoms with van der Waals surface area (Å²) in [5.41, 5.74) is 0.0755. The van der Waals surface area contributed by atoms with Crippen LogP contribution in [0.3, 0.4) is 0 Å². The molecule has 2 aliphatic rings. The number of halogens is 2. The van der Waals surface area contributed by atoms with Crippen molar-refractivity contribution in [2.45, 2.75) is 68.3 Å². The molecular weight excluding hydrogens is 404 g/mol. The molecule has 0 radical (unpaired) electrons. The molecule has 3 N–H and O–H groups in total. The summed E-state index contributed by atoms with van der Waals surface area (Å²) in [4.78, 5) is 16.6. The van der Waals surface area contributed by atoms with Gasteiger partial charge in [0.1, 0.15) is 27.5 Å². The van der Waals surface area contributed by atoms with Gasteiger partial charge < -0.3 is 10.5 Å². The topological polar surface area (TPSA) is 111 Å². The Balaban J connectivity index is 2.16. The van der Waals surface area contributed by atoms with Gasteiger partial charge in [-0.05, 0) is 65.2 Å². The minimum atomic E-state index is -4.46. The molecule has 0 bridgehead atoms. The Bertz CT molecular complexity index is 984. The van der Waals surface area contributed by atoms with E-state index in [4.69, 9.17) is 10.5 Å². The number of nitrogen functional groups attached to an aromatic ring is 1. The van der Waals surface area contributed by atoms with Gasteiger partial charge in [0, 0.05) is 11.3 Å². The fourth-order valence-corrected chi connectivity index (χ4v) is 6.10. The number of rotatable bonds is 1. The first-order valence-electron chi connectivity index (χ1n) is 9.26. The lowest BCUT2D eigenvalue weighted by Gasteiger charge is -2.49. The lowest BCUT2D eigenvalue weighted by Crippen LogP contribution is -2.66. The molecule has 7 nitrogen and oxygen atoms in total. The number of nitrogens with one attached hydrogen (secondary N) is 1. The normalized spacial score (nSPS) is 27.7. The van der Waals surface area contributed by atoms with Gasteiger partial charge >= 0.3 is 6.09 Å². The molecule has 10 heteroatoms. The van der Waals surface area contributed by atoms with Crippen LogP contribution in [-0.4, -0.2) is 36.2 Å². The number of amides is 1. The van der Waals surface area contributed by atoms with Crippen LogP contribution in [0.25, 0.3) is 0 Å². The third kappa shape index (κ3) is 3.37. The quantitative estimate of drug-likeness (QED) is 0.666. The Morgan fingerprint density at radius 2 is 1.97 bits per heavy atom. The minimum Gasteiger partial charge on any atom is -0.444 e. The Kier molecular flexibility index (Phi) is 4.92. The largest absolute Gasteiger partial charge is 0.444 e. The van der Waals surface area contributed by atoms with Gasteiger partial charge in [-0.2, -0.15) is 0 Å². The first-order valence-corrected chi connectivity index (χ1v) is 10.8. The molecule has 1 aromatic rings. The van der Waals surface area contributed by atoms with Crippen molar-refractivity contribution >= 4 is 27.5 Å². The van der Waals surface area contributed by atoms with Crippen LogP contribution in [0.2, 0.25) is 0 Å². The Labute approximate surface area is 168 Å². The second kappa shape index (κ2) is 6.65. The van der Waals surface area contributed by atoms with E-state index in [2.05, 4.69) is 10.3 Å². The number of hydrogen-bond donors (Lipinski definition) is 2. The van der Waals surface area contributed by atoms with E-state index in [1.807, 2.05) is 0 Å². The number of alkyl halides is 1. The molecule has 1 heterocycles. The SMILES string of the molecule is CC(C)(C)OC(=O)NC1=NC(C)(c2cc(N)ccc2F)C(F)S(=O)(=O)C12CCC2. The first kappa shape index (κ1) is 21.5. The van der Waals surface area contributed by atoms with E-state index in [1.54, 1.807) is 20.8 Å². The van der Waals surface area contributed by atoms with E-state index < -0.39 is 43.1 Å². The lowest BCUT2D eigenvalue weighted by atomic mass is 9.81. The molecule has 1 aliphatic carbocycles. The number of aliphatic imine (C=N–C) groups is 1. The standard InChI is InChI=1S/C19H25F2N3O4S/c1-17(2,3)28-16(25)23-15-19(8-5-9-19)29(26,27)14(21)18(4,24-15)12-10-11(22)6-7-13(12)20/h6-7,10,14H,5,8-9,22H2,1-4H3,(H,23,24,25). The monoisotopic (exact) mass is 429 g/mol. The molecule has 0 aromatic heterocycles. The van der Waals surface area contributed by atoms with Gasteiger partial charge in [-0.25, -0.2) is 22.0 Å². The first-order chi connectivity index (χ1) is 13.2. The number of alkyl carbamates (subject to hydrolysis) is 1. The molecular formula is C19H25F2N3O4S. The second-order valence-corrected chi connectivity index (χ2v) is 11.0. The van der Waals surface area contributed by atoms with Gasteiger partial charge in [-0.15, -0.1) is 0 Å². The number of ether oxygens (including phenoxy) is 1. The fourth-order valence-electron chi connectivity index (χ4n) is 3.69. The fraction of sp³-hybridized carbons (Fsp3) is 0.579. The molecule has 1 amide bonds. The van der Waals surface area contributed by atoms with Gasteiger partial charge in [0.2, 0.25) is 5.50 Å². The minimum absolute atomic E-state index is 0.111. The molecule has 1 spiro atoms. The van der Waals surface area contributed by atoms with Gasteiger partial charge in [-0.3, -0.25) is 10.3 Å². The number of nitrogens with zero attached hydrogens (tertiary/aromatic N) is 1. The number of benzene rings is 1. The summed E-state index contributed by atoms with van der Waals surface area (Å²) in [6.45, 7) is 6.12. The molecule has 0 saturated heterocycles. The predicted octanol–water partition coefficient (Wildman–Crippen LogP) is 3.19. The predicted molar refractivity (Wildman–Crippen MR) is 105 cm³/mol. The number of hydrogen-bond acceptors (Lipinski definition) is 6. The maximum Gasteiger partial charge on any atom is 0.413 e. The van der Waals surface area contributed by atoms with Crippen molar-refractivity contribution in [1.82, 2.24) is 5.32 Å². The number of anilines is 1. The number of carbonyl (C=O) groups excluding carboxylic acids is 1. The number of sulfone groups is 1. The van der Waals surface area contributed by atoms with Gasteiger partial charge in [0.15, 0.2) is 9.84 Å². The molecule has 1 fully saturated rings. The summed E-state index contributed by atoms with van der Waals surface area (Å²) in [6, 6.07) is 3.47. The summed E-state index contributed by atoms with van der Waals surface area (Å²) in [7, 11) is -4.46. The van der Waals surface area contributed by atoms with Gasteiger partial charge in [0.05, 0.1) is 0 Å². The second-order valence-electron chi connectivity index (χ2n) is 8.68. The highest BCUT2D eigenvalue weighted by Crippen LogP contribution is 2.51. The lowest BCUT2D eigenvalue weighted by molar-refractivity contribution is 0.0558. The van der Waals surface area contributed by atoms with E-state index in [0.29, 0.717) is 6.42 Å². The van der Waals surface area contributed by atoms with Crippen molar-refractivity contribution in [2.24, 2.45) is 4.99 Å². The third-order valence-electron chi connectivity index (χ3n) is 5.35. The maximum atomic E-state index is 15.5. The van der Waals surface area contributed by atoms with E-state index in [-0.39, 0.29) is 29.9 Å².